The quantitative estimate of drug-likeness (QED) is 0.0267. The van der Waals surface area contributed by atoms with Gasteiger partial charge in [-0.1, -0.05) is 152 Å². The van der Waals surface area contributed by atoms with Gasteiger partial charge in [-0.15, -0.1) is 0 Å². The predicted molar refractivity (Wildman–Crippen MR) is 222 cm³/mol. The lowest BCUT2D eigenvalue weighted by Gasteiger charge is -2.34. The summed E-state index contributed by atoms with van der Waals surface area (Å²) in [4.78, 5) is 36.8. The second-order valence-corrected chi connectivity index (χ2v) is 15.6. The van der Waals surface area contributed by atoms with Gasteiger partial charge in [-0.2, -0.15) is 0 Å². The van der Waals surface area contributed by atoms with Crippen molar-refractivity contribution < 1.29 is 38.2 Å². The SMILES string of the molecule is CC/C=C/C/C=C/C/C=C/C/C=C/CCCCCCCCCC(=O)OCC(COCCC(C(=O)[O-])[N+](C)(C)C)OC(=O)CCCCCCCCCCCC. The first-order valence-electron chi connectivity index (χ1n) is 21.7. The molecular weight excluding hydrogens is 679 g/mol. The van der Waals surface area contributed by atoms with Gasteiger partial charge in [-0.3, -0.25) is 9.59 Å². The highest BCUT2D eigenvalue weighted by atomic mass is 16.6. The number of ether oxygens (including phenoxy) is 3. The van der Waals surface area contributed by atoms with Gasteiger partial charge in [0, 0.05) is 19.3 Å². The Morgan fingerprint density at radius 3 is 1.54 bits per heavy atom. The van der Waals surface area contributed by atoms with Gasteiger partial charge in [0.2, 0.25) is 0 Å². The van der Waals surface area contributed by atoms with Crippen LogP contribution in [-0.4, -0.2) is 75.5 Å². The summed E-state index contributed by atoms with van der Waals surface area (Å²) in [5, 5.41) is 11.6. The van der Waals surface area contributed by atoms with Crippen molar-refractivity contribution in [2.45, 2.75) is 187 Å². The Morgan fingerprint density at radius 1 is 0.574 bits per heavy atom. The summed E-state index contributed by atoms with van der Waals surface area (Å²) in [5.41, 5.74) is 0. The van der Waals surface area contributed by atoms with Gasteiger partial charge in [-0.25, -0.2) is 0 Å². The third-order valence-corrected chi connectivity index (χ3v) is 9.48. The molecule has 0 aliphatic heterocycles. The number of carbonyl (C=O) groups excluding carboxylic acids is 3. The van der Waals surface area contributed by atoms with E-state index in [4.69, 9.17) is 14.2 Å². The second-order valence-electron chi connectivity index (χ2n) is 15.6. The standard InChI is InChI=1S/C46H81NO7/c1-6-8-10-12-14-16-18-19-20-21-22-23-24-25-26-27-29-30-32-34-36-44(48)53-41-42(40-52-39-38-43(46(50)51)47(3,4)5)54-45(49)37-35-33-31-28-17-15-13-11-9-7-2/h8,10,14,16,19-20,22-23,42-43H,6-7,9,11-13,15,17-18,21,24-41H2,1-5H3/b10-8+,16-14+,20-19+,23-22+. The van der Waals surface area contributed by atoms with Crippen LogP contribution in [-0.2, 0) is 28.6 Å². The number of carbonyl (C=O) groups is 3. The van der Waals surface area contributed by atoms with E-state index < -0.39 is 18.1 Å². The maximum atomic E-state index is 12.6. The van der Waals surface area contributed by atoms with Crippen LogP contribution in [0.2, 0.25) is 0 Å². The molecule has 0 aromatic rings. The molecule has 0 fully saturated rings. The molecule has 0 N–H and O–H groups in total. The van der Waals surface area contributed by atoms with Gasteiger partial charge in [0.15, 0.2) is 6.10 Å². The van der Waals surface area contributed by atoms with E-state index >= 15 is 0 Å². The molecule has 0 amide bonds. The van der Waals surface area contributed by atoms with Crippen molar-refractivity contribution in [3.8, 4) is 0 Å². The second kappa shape index (κ2) is 37.2. The first-order valence-corrected chi connectivity index (χ1v) is 21.7. The third-order valence-electron chi connectivity index (χ3n) is 9.48. The van der Waals surface area contributed by atoms with E-state index in [0.717, 1.165) is 70.6 Å². The number of carboxylic acid groups (broad SMARTS) is 1. The topological polar surface area (TPSA) is 102 Å². The van der Waals surface area contributed by atoms with Crippen LogP contribution in [0.1, 0.15) is 174 Å². The first-order chi connectivity index (χ1) is 26.1. The number of rotatable bonds is 38. The summed E-state index contributed by atoms with van der Waals surface area (Å²) < 4.78 is 17.1. The van der Waals surface area contributed by atoms with Crippen molar-refractivity contribution in [1.82, 2.24) is 0 Å². The average molecular weight is 760 g/mol. The summed E-state index contributed by atoms with van der Waals surface area (Å²) in [7, 11) is 5.40. The largest absolute Gasteiger partial charge is 0.544 e. The van der Waals surface area contributed by atoms with Crippen molar-refractivity contribution in [1.29, 1.82) is 0 Å². The molecule has 0 aliphatic carbocycles. The molecule has 0 rings (SSSR count). The molecule has 312 valence electrons. The molecule has 0 spiro atoms. The van der Waals surface area contributed by atoms with E-state index in [2.05, 4.69) is 62.5 Å². The molecule has 8 nitrogen and oxygen atoms in total. The van der Waals surface area contributed by atoms with Crippen LogP contribution in [0, 0.1) is 0 Å². The van der Waals surface area contributed by atoms with Crippen LogP contribution < -0.4 is 5.11 Å². The number of carboxylic acids is 1. The van der Waals surface area contributed by atoms with Gasteiger partial charge in [-0.05, 0) is 51.4 Å². The fourth-order valence-corrected chi connectivity index (χ4v) is 6.12. The molecule has 8 heteroatoms. The highest BCUT2D eigenvalue weighted by Crippen LogP contribution is 2.14. The van der Waals surface area contributed by atoms with Gasteiger partial charge in [0.25, 0.3) is 0 Å². The highest BCUT2D eigenvalue weighted by molar-refractivity contribution is 5.70. The van der Waals surface area contributed by atoms with Crippen LogP contribution >= 0.6 is 0 Å². The minimum absolute atomic E-state index is 0.0379. The molecule has 0 saturated heterocycles. The van der Waals surface area contributed by atoms with Crippen LogP contribution in [0.5, 0.6) is 0 Å². The van der Waals surface area contributed by atoms with Crippen LogP contribution in [0.3, 0.4) is 0 Å². The van der Waals surface area contributed by atoms with Gasteiger partial charge in [0.1, 0.15) is 12.6 Å². The fourth-order valence-electron chi connectivity index (χ4n) is 6.12. The Kier molecular flexibility index (Phi) is 35.4. The smallest absolute Gasteiger partial charge is 0.306 e. The molecule has 0 radical (unpaired) electrons. The van der Waals surface area contributed by atoms with Crippen LogP contribution in [0.15, 0.2) is 48.6 Å². The van der Waals surface area contributed by atoms with E-state index in [1.807, 2.05) is 0 Å². The number of nitrogens with zero attached hydrogens (tertiary/aromatic N) is 1. The summed E-state index contributed by atoms with van der Waals surface area (Å²) >= 11 is 0. The summed E-state index contributed by atoms with van der Waals surface area (Å²) in [5.74, 6) is -1.75. The minimum atomic E-state index is -1.13. The Bertz CT molecular complexity index is 1030. The maximum absolute atomic E-state index is 12.6. The van der Waals surface area contributed by atoms with Gasteiger partial charge < -0.3 is 28.6 Å². The molecular formula is C46H81NO7. The molecule has 0 heterocycles. The van der Waals surface area contributed by atoms with E-state index in [9.17, 15) is 19.5 Å². The fraction of sp³-hybridized carbons (Fsp3) is 0.761. The highest BCUT2D eigenvalue weighted by Gasteiger charge is 2.25. The molecule has 0 aromatic carbocycles. The molecule has 0 aromatic heterocycles. The summed E-state index contributed by atoms with van der Waals surface area (Å²) in [6, 6.07) is -0.726. The van der Waals surface area contributed by atoms with Crippen molar-refractivity contribution in [3.63, 3.8) is 0 Å². The Morgan fingerprint density at radius 2 is 1.04 bits per heavy atom. The lowest BCUT2D eigenvalue weighted by molar-refractivity contribution is -0.889. The molecule has 2 unspecified atom stereocenters. The normalized spacial score (nSPS) is 13.4. The van der Waals surface area contributed by atoms with E-state index in [1.165, 1.54) is 70.6 Å². The maximum Gasteiger partial charge on any atom is 0.306 e. The lowest BCUT2D eigenvalue weighted by Crippen LogP contribution is -2.55. The predicted octanol–water partition coefficient (Wildman–Crippen LogP) is 10.3. The van der Waals surface area contributed by atoms with Crippen LogP contribution in [0.25, 0.3) is 0 Å². The first kappa shape index (κ1) is 51.3. The lowest BCUT2D eigenvalue weighted by atomic mass is 10.1. The Balaban J connectivity index is 4.29. The van der Waals surface area contributed by atoms with Crippen molar-refractivity contribution in [2.75, 3.05) is 41.0 Å². The van der Waals surface area contributed by atoms with E-state index in [-0.39, 0.29) is 42.7 Å². The monoisotopic (exact) mass is 760 g/mol. The van der Waals surface area contributed by atoms with Gasteiger partial charge in [0.05, 0.1) is 40.3 Å². The molecule has 0 aliphatic rings. The number of esters is 2. The molecule has 0 bridgehead atoms. The van der Waals surface area contributed by atoms with Crippen molar-refractivity contribution >= 4 is 17.9 Å². The number of hydrogen-bond acceptors (Lipinski definition) is 7. The molecule has 0 saturated carbocycles. The van der Waals surface area contributed by atoms with Crippen molar-refractivity contribution in [3.05, 3.63) is 48.6 Å². The zero-order chi connectivity index (χ0) is 40.0. The van der Waals surface area contributed by atoms with E-state index in [0.29, 0.717) is 12.8 Å². The van der Waals surface area contributed by atoms with Crippen LogP contribution in [0.4, 0.5) is 0 Å². The third kappa shape index (κ3) is 35.0. The number of unbranched alkanes of at least 4 members (excludes halogenated alkanes) is 16. The Labute approximate surface area is 331 Å². The molecule has 54 heavy (non-hydrogen) atoms. The average Bonchev–Trinajstić information content (AvgIpc) is 3.12. The zero-order valence-electron chi connectivity index (χ0n) is 35.4. The number of aliphatic carboxylic acids is 1. The minimum Gasteiger partial charge on any atom is -0.544 e. The number of allylic oxidation sites excluding steroid dienone is 8. The number of quaternary nitrogens is 1. The van der Waals surface area contributed by atoms with E-state index in [1.54, 1.807) is 21.1 Å². The number of likely N-dealkylation sites (N-methyl/N-ethyl adjacent to an activating group) is 1. The zero-order valence-corrected chi connectivity index (χ0v) is 35.4. The summed E-state index contributed by atoms with van der Waals surface area (Å²) in [6.07, 6.45) is 42.8. The van der Waals surface area contributed by atoms with Gasteiger partial charge >= 0.3 is 11.9 Å². The summed E-state index contributed by atoms with van der Waals surface area (Å²) in [6.45, 7) is 4.52. The van der Waals surface area contributed by atoms with Crippen molar-refractivity contribution in [2.24, 2.45) is 0 Å². The Hall–Kier alpha value is -2.71. The molecule has 2 atom stereocenters. The number of hydrogen-bond donors (Lipinski definition) is 0.